The molecule has 2 aromatic rings. The van der Waals surface area contributed by atoms with Gasteiger partial charge in [0.1, 0.15) is 5.82 Å². The van der Waals surface area contributed by atoms with E-state index in [1.165, 1.54) is 13.3 Å². The van der Waals surface area contributed by atoms with Gasteiger partial charge in [-0.3, -0.25) is 4.98 Å². The van der Waals surface area contributed by atoms with Crippen molar-refractivity contribution in [2.75, 3.05) is 13.7 Å². The van der Waals surface area contributed by atoms with E-state index in [1.54, 1.807) is 24.4 Å². The van der Waals surface area contributed by atoms with Gasteiger partial charge in [-0.1, -0.05) is 6.92 Å². The number of hydrogen-bond acceptors (Lipinski definition) is 5. The molecule has 5 nitrogen and oxygen atoms in total. The largest absolute Gasteiger partial charge is 0.480 e. The van der Waals surface area contributed by atoms with Crippen LogP contribution in [0.1, 0.15) is 24.2 Å². The Morgan fingerprint density at radius 3 is 2.74 bits per heavy atom. The summed E-state index contributed by atoms with van der Waals surface area (Å²) in [5, 5.41) is 11.1. The lowest BCUT2D eigenvalue weighted by molar-refractivity contribution is 0.390. The van der Waals surface area contributed by atoms with Gasteiger partial charge in [0.15, 0.2) is 0 Å². The fourth-order valence-electron chi connectivity index (χ4n) is 1.79. The van der Waals surface area contributed by atoms with Crippen molar-refractivity contribution in [2.45, 2.75) is 13.0 Å². The van der Waals surface area contributed by atoms with Gasteiger partial charge >= 0.3 is 0 Å². The van der Waals surface area contributed by atoms with Crippen LogP contribution in [0.25, 0.3) is 0 Å². The van der Waals surface area contributed by atoms with Crippen molar-refractivity contribution in [3.8, 4) is 5.88 Å². The molecule has 6 heteroatoms. The molecule has 0 aliphatic heterocycles. The second kappa shape index (κ2) is 6.19. The fourth-order valence-corrected chi connectivity index (χ4v) is 1.79. The van der Waals surface area contributed by atoms with Gasteiger partial charge in [0, 0.05) is 17.8 Å². The number of methoxy groups -OCH3 is 1. The first-order valence-corrected chi connectivity index (χ1v) is 5.96. The van der Waals surface area contributed by atoms with Crippen molar-refractivity contribution < 1.29 is 9.13 Å². The molecule has 2 aromatic heterocycles. The number of pyridine rings is 1. The SMILES string of the molecule is CCNC(c1ccc(OC)nn1)c1ccncc1F. The van der Waals surface area contributed by atoms with Gasteiger partial charge in [-0.15, -0.1) is 10.2 Å². The van der Waals surface area contributed by atoms with Gasteiger partial charge in [-0.2, -0.15) is 0 Å². The molecular weight excluding hydrogens is 247 g/mol. The summed E-state index contributed by atoms with van der Waals surface area (Å²) < 4.78 is 18.8. The van der Waals surface area contributed by atoms with Crippen LogP contribution in [-0.2, 0) is 0 Å². The van der Waals surface area contributed by atoms with Crippen LogP contribution < -0.4 is 10.1 Å². The number of hydrogen-bond donors (Lipinski definition) is 1. The minimum atomic E-state index is -0.369. The maximum atomic E-state index is 13.8. The van der Waals surface area contributed by atoms with Gasteiger partial charge in [0.25, 0.3) is 0 Å². The van der Waals surface area contributed by atoms with Crippen LogP contribution in [-0.4, -0.2) is 28.8 Å². The van der Waals surface area contributed by atoms with Gasteiger partial charge in [0.05, 0.1) is 25.0 Å². The predicted molar refractivity (Wildman–Crippen MR) is 68.3 cm³/mol. The number of nitrogens with one attached hydrogen (secondary N) is 1. The highest BCUT2D eigenvalue weighted by Crippen LogP contribution is 2.22. The number of nitrogens with zero attached hydrogens (tertiary/aromatic N) is 3. The molecule has 1 unspecified atom stereocenters. The molecule has 0 radical (unpaired) electrons. The maximum absolute atomic E-state index is 13.8. The molecule has 0 saturated heterocycles. The van der Waals surface area contributed by atoms with E-state index >= 15 is 0 Å². The van der Waals surface area contributed by atoms with E-state index in [4.69, 9.17) is 4.74 Å². The van der Waals surface area contributed by atoms with Crippen LogP contribution >= 0.6 is 0 Å². The van der Waals surface area contributed by atoms with Gasteiger partial charge < -0.3 is 10.1 Å². The van der Waals surface area contributed by atoms with Crippen LogP contribution in [0.15, 0.2) is 30.6 Å². The molecule has 0 aliphatic carbocycles. The van der Waals surface area contributed by atoms with Crippen molar-refractivity contribution in [3.05, 3.63) is 47.7 Å². The van der Waals surface area contributed by atoms with E-state index in [9.17, 15) is 4.39 Å². The molecule has 0 amide bonds. The highest BCUT2D eigenvalue weighted by Gasteiger charge is 2.18. The van der Waals surface area contributed by atoms with E-state index in [-0.39, 0.29) is 11.9 Å². The smallest absolute Gasteiger partial charge is 0.233 e. The lowest BCUT2D eigenvalue weighted by Gasteiger charge is -2.17. The van der Waals surface area contributed by atoms with E-state index in [0.29, 0.717) is 23.7 Å². The van der Waals surface area contributed by atoms with Crippen molar-refractivity contribution >= 4 is 0 Å². The van der Waals surface area contributed by atoms with Crippen LogP contribution in [0.2, 0.25) is 0 Å². The molecule has 0 spiro atoms. The normalized spacial score (nSPS) is 12.2. The first-order valence-electron chi connectivity index (χ1n) is 5.96. The minimum absolute atomic E-state index is 0.355. The third-order valence-corrected chi connectivity index (χ3v) is 2.69. The summed E-state index contributed by atoms with van der Waals surface area (Å²) in [5.41, 5.74) is 1.13. The van der Waals surface area contributed by atoms with Crippen LogP contribution in [0.5, 0.6) is 5.88 Å². The third kappa shape index (κ3) is 3.03. The first-order chi connectivity index (χ1) is 9.26. The molecule has 2 heterocycles. The van der Waals surface area contributed by atoms with Gasteiger partial charge in [-0.25, -0.2) is 4.39 Å². The Balaban J connectivity index is 2.36. The summed E-state index contributed by atoms with van der Waals surface area (Å²) >= 11 is 0. The Morgan fingerprint density at radius 2 is 2.16 bits per heavy atom. The summed E-state index contributed by atoms with van der Waals surface area (Å²) in [4.78, 5) is 3.75. The molecular formula is C13H15FN4O. The molecule has 0 aromatic carbocycles. The Kier molecular flexibility index (Phi) is 4.35. The zero-order valence-electron chi connectivity index (χ0n) is 10.8. The van der Waals surface area contributed by atoms with Crippen molar-refractivity contribution in [1.82, 2.24) is 20.5 Å². The van der Waals surface area contributed by atoms with Gasteiger partial charge in [-0.05, 0) is 18.7 Å². The molecule has 19 heavy (non-hydrogen) atoms. The van der Waals surface area contributed by atoms with E-state index < -0.39 is 0 Å². The summed E-state index contributed by atoms with van der Waals surface area (Å²) in [6.45, 7) is 2.63. The zero-order chi connectivity index (χ0) is 13.7. The molecule has 2 rings (SSSR count). The Bertz CT molecular complexity index is 532. The van der Waals surface area contributed by atoms with Crippen LogP contribution in [0, 0.1) is 5.82 Å². The zero-order valence-corrected chi connectivity index (χ0v) is 10.8. The molecule has 1 N–H and O–H groups in total. The van der Waals surface area contributed by atoms with Crippen LogP contribution in [0.4, 0.5) is 4.39 Å². The molecule has 100 valence electrons. The lowest BCUT2D eigenvalue weighted by Crippen LogP contribution is -2.24. The highest BCUT2D eigenvalue weighted by molar-refractivity contribution is 5.27. The molecule has 0 fully saturated rings. The Morgan fingerprint density at radius 1 is 1.32 bits per heavy atom. The number of aromatic nitrogens is 3. The van der Waals surface area contributed by atoms with Crippen molar-refractivity contribution in [3.63, 3.8) is 0 Å². The third-order valence-electron chi connectivity index (χ3n) is 2.69. The quantitative estimate of drug-likeness (QED) is 0.889. The number of rotatable bonds is 5. The van der Waals surface area contributed by atoms with Gasteiger partial charge in [0.2, 0.25) is 5.88 Å². The average molecular weight is 262 g/mol. The average Bonchev–Trinajstić information content (AvgIpc) is 2.46. The maximum Gasteiger partial charge on any atom is 0.233 e. The van der Waals surface area contributed by atoms with E-state index in [0.717, 1.165) is 0 Å². The number of halogens is 1. The molecule has 0 aliphatic rings. The predicted octanol–water partition coefficient (Wildman–Crippen LogP) is 1.72. The van der Waals surface area contributed by atoms with E-state index in [2.05, 4.69) is 20.5 Å². The standard InChI is InChI=1S/C13H15FN4O/c1-3-16-13(9-6-7-15-8-10(9)14)11-4-5-12(19-2)18-17-11/h4-8,13,16H,3H2,1-2H3. The van der Waals surface area contributed by atoms with E-state index in [1.807, 2.05) is 6.92 Å². The minimum Gasteiger partial charge on any atom is -0.480 e. The Hall–Kier alpha value is -2.08. The molecule has 0 bridgehead atoms. The second-order valence-corrected chi connectivity index (χ2v) is 3.89. The summed E-state index contributed by atoms with van der Waals surface area (Å²) in [7, 11) is 1.52. The second-order valence-electron chi connectivity index (χ2n) is 3.89. The number of ether oxygens (including phenoxy) is 1. The molecule has 0 saturated carbocycles. The summed E-state index contributed by atoms with van der Waals surface area (Å²) in [6, 6.07) is 4.74. The topological polar surface area (TPSA) is 59.9 Å². The summed E-state index contributed by atoms with van der Waals surface area (Å²) in [5.74, 6) is 0.0558. The summed E-state index contributed by atoms with van der Waals surface area (Å²) in [6.07, 6.45) is 2.75. The van der Waals surface area contributed by atoms with Crippen molar-refractivity contribution in [2.24, 2.45) is 0 Å². The molecule has 1 atom stereocenters. The van der Waals surface area contributed by atoms with Crippen LogP contribution in [0.3, 0.4) is 0 Å². The lowest BCUT2D eigenvalue weighted by atomic mass is 10.0. The van der Waals surface area contributed by atoms with Crippen molar-refractivity contribution in [1.29, 1.82) is 0 Å². The first kappa shape index (κ1) is 13.4. The monoisotopic (exact) mass is 262 g/mol. The Labute approximate surface area is 110 Å². The highest BCUT2D eigenvalue weighted by atomic mass is 19.1. The fraction of sp³-hybridized carbons (Fsp3) is 0.308.